The molecular weight excluding hydrogens is 286 g/mol. The number of carbonyl (C=O) groups excluding carboxylic acids is 1. The zero-order valence-corrected chi connectivity index (χ0v) is 12.6. The normalized spacial score (nSPS) is 10.2. The molecule has 5 heteroatoms. The summed E-state index contributed by atoms with van der Waals surface area (Å²) in [6.45, 7) is 2.61. The van der Waals surface area contributed by atoms with Crippen LogP contribution in [0.3, 0.4) is 0 Å². The number of carbonyl (C=O) groups is 1. The van der Waals surface area contributed by atoms with Crippen LogP contribution >= 0.6 is 11.6 Å². The summed E-state index contributed by atoms with van der Waals surface area (Å²) >= 11 is 6.07. The Morgan fingerprint density at radius 2 is 2.00 bits per heavy atom. The van der Waals surface area contributed by atoms with Crippen molar-refractivity contribution < 1.29 is 4.79 Å². The summed E-state index contributed by atoms with van der Waals surface area (Å²) in [4.78, 5) is 14.1. The van der Waals surface area contributed by atoms with E-state index in [1.165, 1.54) is 0 Å². The summed E-state index contributed by atoms with van der Waals surface area (Å²) in [6, 6.07) is 14.2. The Hall–Kier alpha value is -2.20. The number of nitrogens with one attached hydrogen (secondary N) is 1. The average molecular weight is 304 g/mol. The summed E-state index contributed by atoms with van der Waals surface area (Å²) in [6.07, 6.45) is 0.838. The van der Waals surface area contributed by atoms with Gasteiger partial charge in [0.05, 0.1) is 10.7 Å². The Morgan fingerprint density at radius 1 is 1.24 bits per heavy atom. The molecule has 0 aliphatic heterocycles. The monoisotopic (exact) mass is 303 g/mol. The molecule has 2 aromatic rings. The summed E-state index contributed by atoms with van der Waals surface area (Å²) in [7, 11) is 0. The van der Waals surface area contributed by atoms with Crippen molar-refractivity contribution in [2.75, 3.05) is 22.5 Å². The molecule has 0 fully saturated rings. The molecular formula is C16H18ClN3O. The van der Waals surface area contributed by atoms with Crippen LogP contribution in [-0.2, 0) is 0 Å². The van der Waals surface area contributed by atoms with Gasteiger partial charge in [0.15, 0.2) is 0 Å². The second-order valence-corrected chi connectivity index (χ2v) is 5.06. The highest BCUT2D eigenvalue weighted by Gasteiger charge is 2.16. The standard InChI is InChI=1S/C16H18ClN3O/c1-2-10-20(13-7-5-6-12(18)11-13)16(21)19-15-9-4-3-8-14(15)17/h3-9,11H,2,10,18H2,1H3,(H,19,21). The van der Waals surface area contributed by atoms with Gasteiger partial charge < -0.3 is 11.1 Å². The molecule has 0 aliphatic carbocycles. The Bertz CT molecular complexity index is 630. The zero-order valence-electron chi connectivity index (χ0n) is 11.8. The first kappa shape index (κ1) is 15.2. The van der Waals surface area contributed by atoms with E-state index in [2.05, 4.69) is 5.32 Å². The van der Waals surface area contributed by atoms with Gasteiger partial charge in [-0.1, -0.05) is 36.7 Å². The third kappa shape index (κ3) is 3.89. The van der Waals surface area contributed by atoms with Gasteiger partial charge in [-0.3, -0.25) is 4.90 Å². The lowest BCUT2D eigenvalue weighted by Gasteiger charge is -2.23. The number of hydrogen-bond acceptors (Lipinski definition) is 2. The van der Waals surface area contributed by atoms with E-state index in [4.69, 9.17) is 17.3 Å². The molecule has 2 rings (SSSR count). The van der Waals surface area contributed by atoms with Crippen LogP contribution in [-0.4, -0.2) is 12.6 Å². The van der Waals surface area contributed by atoms with Crippen molar-refractivity contribution in [2.45, 2.75) is 13.3 Å². The number of nitrogen functional groups attached to an aromatic ring is 1. The number of benzene rings is 2. The Labute approximate surface area is 129 Å². The first-order valence-electron chi connectivity index (χ1n) is 6.80. The van der Waals surface area contributed by atoms with E-state index in [1.807, 2.05) is 31.2 Å². The topological polar surface area (TPSA) is 58.4 Å². The van der Waals surface area contributed by atoms with Crippen molar-refractivity contribution in [1.29, 1.82) is 0 Å². The SMILES string of the molecule is CCCN(C(=O)Nc1ccccc1Cl)c1cccc(N)c1. The first-order valence-corrected chi connectivity index (χ1v) is 7.18. The van der Waals surface area contributed by atoms with Crippen LogP contribution in [0.15, 0.2) is 48.5 Å². The van der Waals surface area contributed by atoms with Gasteiger partial charge in [0.1, 0.15) is 0 Å². The van der Waals surface area contributed by atoms with E-state index in [-0.39, 0.29) is 6.03 Å². The zero-order chi connectivity index (χ0) is 15.2. The minimum atomic E-state index is -0.226. The first-order chi connectivity index (χ1) is 10.1. The van der Waals surface area contributed by atoms with Crippen LogP contribution in [0, 0.1) is 0 Å². The lowest BCUT2D eigenvalue weighted by molar-refractivity contribution is 0.257. The van der Waals surface area contributed by atoms with Crippen molar-refractivity contribution >= 4 is 34.7 Å². The fourth-order valence-corrected chi connectivity index (χ4v) is 2.19. The molecule has 0 heterocycles. The highest BCUT2D eigenvalue weighted by molar-refractivity contribution is 6.33. The molecule has 0 aliphatic rings. The lowest BCUT2D eigenvalue weighted by atomic mass is 10.2. The molecule has 2 amide bonds. The number of amides is 2. The quantitative estimate of drug-likeness (QED) is 0.824. The molecule has 0 saturated carbocycles. The van der Waals surface area contributed by atoms with E-state index >= 15 is 0 Å². The number of anilines is 3. The van der Waals surface area contributed by atoms with Crippen molar-refractivity contribution in [3.63, 3.8) is 0 Å². The molecule has 4 nitrogen and oxygen atoms in total. The van der Waals surface area contributed by atoms with Crippen molar-refractivity contribution in [2.24, 2.45) is 0 Å². The molecule has 3 N–H and O–H groups in total. The van der Waals surface area contributed by atoms with Gasteiger partial charge in [0.2, 0.25) is 0 Å². The van der Waals surface area contributed by atoms with Crippen LogP contribution in [0.4, 0.5) is 21.9 Å². The molecule has 0 atom stereocenters. The fourth-order valence-electron chi connectivity index (χ4n) is 2.01. The maximum Gasteiger partial charge on any atom is 0.326 e. The fraction of sp³-hybridized carbons (Fsp3) is 0.188. The minimum absolute atomic E-state index is 0.226. The third-order valence-corrected chi connectivity index (χ3v) is 3.32. The van der Waals surface area contributed by atoms with Crippen LogP contribution in [0.1, 0.15) is 13.3 Å². The van der Waals surface area contributed by atoms with Crippen LogP contribution < -0.4 is 16.0 Å². The summed E-state index contributed by atoms with van der Waals surface area (Å²) in [5, 5.41) is 3.34. The molecule has 21 heavy (non-hydrogen) atoms. The molecule has 110 valence electrons. The predicted molar refractivity (Wildman–Crippen MR) is 89.0 cm³/mol. The largest absolute Gasteiger partial charge is 0.399 e. The van der Waals surface area contributed by atoms with Gasteiger partial charge in [0, 0.05) is 17.9 Å². The number of urea groups is 1. The smallest absolute Gasteiger partial charge is 0.326 e. The number of hydrogen-bond donors (Lipinski definition) is 2. The van der Waals surface area contributed by atoms with E-state index in [0.717, 1.165) is 12.1 Å². The molecule has 0 spiro atoms. The van der Waals surface area contributed by atoms with E-state index in [1.54, 1.807) is 29.2 Å². The van der Waals surface area contributed by atoms with Crippen molar-refractivity contribution in [3.8, 4) is 0 Å². The summed E-state index contributed by atoms with van der Waals surface area (Å²) < 4.78 is 0. The molecule has 0 radical (unpaired) electrons. The highest BCUT2D eigenvalue weighted by Crippen LogP contribution is 2.23. The molecule has 0 bridgehead atoms. The van der Waals surface area contributed by atoms with Gasteiger partial charge >= 0.3 is 6.03 Å². The van der Waals surface area contributed by atoms with Crippen molar-refractivity contribution in [3.05, 3.63) is 53.6 Å². The molecule has 0 aromatic heterocycles. The van der Waals surface area contributed by atoms with Gasteiger partial charge in [-0.2, -0.15) is 0 Å². The number of nitrogens with zero attached hydrogens (tertiary/aromatic N) is 1. The Balaban J connectivity index is 2.22. The molecule has 0 unspecified atom stereocenters. The average Bonchev–Trinajstić information content (AvgIpc) is 2.47. The van der Waals surface area contributed by atoms with E-state index in [9.17, 15) is 4.79 Å². The molecule has 0 saturated heterocycles. The van der Waals surface area contributed by atoms with Crippen LogP contribution in [0.5, 0.6) is 0 Å². The van der Waals surface area contributed by atoms with E-state index in [0.29, 0.717) is 22.9 Å². The second kappa shape index (κ2) is 6.99. The maximum absolute atomic E-state index is 12.5. The van der Waals surface area contributed by atoms with Gasteiger partial charge in [-0.05, 0) is 36.8 Å². The van der Waals surface area contributed by atoms with Gasteiger partial charge in [0.25, 0.3) is 0 Å². The van der Waals surface area contributed by atoms with Crippen LogP contribution in [0.2, 0.25) is 5.02 Å². The number of halogens is 1. The predicted octanol–water partition coefficient (Wildman–Crippen LogP) is 4.37. The van der Waals surface area contributed by atoms with Gasteiger partial charge in [-0.15, -0.1) is 0 Å². The lowest BCUT2D eigenvalue weighted by Crippen LogP contribution is -2.35. The maximum atomic E-state index is 12.5. The van der Waals surface area contributed by atoms with Crippen LogP contribution in [0.25, 0.3) is 0 Å². The van der Waals surface area contributed by atoms with Gasteiger partial charge in [-0.25, -0.2) is 4.79 Å². The van der Waals surface area contributed by atoms with E-state index < -0.39 is 0 Å². The number of rotatable bonds is 4. The molecule has 2 aromatic carbocycles. The Morgan fingerprint density at radius 3 is 2.67 bits per heavy atom. The minimum Gasteiger partial charge on any atom is -0.399 e. The summed E-state index contributed by atoms with van der Waals surface area (Å²) in [5.74, 6) is 0. The van der Waals surface area contributed by atoms with Crippen molar-refractivity contribution in [1.82, 2.24) is 0 Å². The number of nitrogens with two attached hydrogens (primary N) is 1. The number of para-hydroxylation sites is 1. The third-order valence-electron chi connectivity index (χ3n) is 2.99. The summed E-state index contributed by atoms with van der Waals surface area (Å²) in [5.41, 5.74) is 7.77. The second-order valence-electron chi connectivity index (χ2n) is 4.66. The highest BCUT2D eigenvalue weighted by atomic mass is 35.5. The Kier molecular flexibility index (Phi) is 5.06.